The first-order chi connectivity index (χ1) is 12.1. The summed E-state index contributed by atoms with van der Waals surface area (Å²) in [5.41, 5.74) is -0.620. The van der Waals surface area contributed by atoms with Gasteiger partial charge in [0.25, 0.3) is 5.91 Å². The van der Waals surface area contributed by atoms with Crippen LogP contribution in [0.3, 0.4) is 0 Å². The summed E-state index contributed by atoms with van der Waals surface area (Å²) in [6.07, 6.45) is 6.31. The van der Waals surface area contributed by atoms with Gasteiger partial charge in [0.05, 0.1) is 6.04 Å². The summed E-state index contributed by atoms with van der Waals surface area (Å²) in [5.74, 6) is 1.33. The van der Waals surface area contributed by atoms with E-state index in [9.17, 15) is 9.59 Å². The number of hydrogen-bond donors (Lipinski definition) is 1. The van der Waals surface area contributed by atoms with E-state index >= 15 is 0 Å². The number of aromatic nitrogens is 2. The van der Waals surface area contributed by atoms with Crippen LogP contribution in [0.25, 0.3) is 0 Å². The van der Waals surface area contributed by atoms with E-state index in [1.165, 1.54) is 4.90 Å². The van der Waals surface area contributed by atoms with Crippen molar-refractivity contribution in [1.82, 2.24) is 25.3 Å². The van der Waals surface area contributed by atoms with Gasteiger partial charge in [-0.05, 0) is 32.2 Å². The number of rotatable bonds is 5. The fourth-order valence-corrected chi connectivity index (χ4v) is 4.36. The monoisotopic (exact) mass is 347 g/mol. The second-order valence-corrected chi connectivity index (χ2v) is 7.27. The zero-order valence-corrected chi connectivity index (χ0v) is 14.7. The van der Waals surface area contributed by atoms with Gasteiger partial charge in [0.1, 0.15) is 5.54 Å². The second kappa shape index (κ2) is 6.40. The minimum atomic E-state index is -0.620. The first-order valence-corrected chi connectivity index (χ1v) is 9.33. The van der Waals surface area contributed by atoms with Crippen molar-refractivity contribution >= 4 is 11.9 Å². The van der Waals surface area contributed by atoms with Crippen molar-refractivity contribution in [3.63, 3.8) is 0 Å². The molecule has 1 N–H and O–H groups in total. The highest BCUT2D eigenvalue weighted by molar-refractivity contribution is 6.07. The van der Waals surface area contributed by atoms with E-state index in [1.807, 2.05) is 6.92 Å². The first-order valence-electron chi connectivity index (χ1n) is 9.33. The molecule has 0 aromatic carbocycles. The number of carbonyl (C=O) groups is 2. The van der Waals surface area contributed by atoms with Crippen molar-refractivity contribution in [3.8, 4) is 0 Å². The Bertz CT molecular complexity index is 667. The molecule has 2 saturated heterocycles. The molecule has 1 spiro atoms. The number of carbonyl (C=O) groups excluding carboxylic acids is 2. The van der Waals surface area contributed by atoms with Crippen molar-refractivity contribution in [1.29, 1.82) is 0 Å². The Kier molecular flexibility index (Phi) is 4.23. The van der Waals surface area contributed by atoms with Crippen LogP contribution in [0, 0.1) is 0 Å². The van der Waals surface area contributed by atoms with Crippen molar-refractivity contribution in [3.05, 3.63) is 11.7 Å². The van der Waals surface area contributed by atoms with Crippen LogP contribution in [0.5, 0.6) is 0 Å². The Hall–Kier alpha value is -1.96. The van der Waals surface area contributed by atoms with Crippen LogP contribution in [0.1, 0.15) is 63.2 Å². The Morgan fingerprint density at radius 2 is 2.04 bits per heavy atom. The number of nitrogens with zero attached hydrogens (tertiary/aromatic N) is 4. The Balaban J connectivity index is 1.40. The van der Waals surface area contributed by atoms with E-state index in [4.69, 9.17) is 4.52 Å². The molecule has 8 heteroatoms. The third-order valence-corrected chi connectivity index (χ3v) is 5.76. The van der Waals surface area contributed by atoms with E-state index in [0.29, 0.717) is 19.0 Å². The Labute approximate surface area is 146 Å². The molecular formula is C17H25N5O3. The molecule has 3 fully saturated rings. The van der Waals surface area contributed by atoms with Gasteiger partial charge < -0.3 is 9.84 Å². The molecule has 1 aliphatic carbocycles. The largest absolute Gasteiger partial charge is 0.339 e. The molecule has 3 heterocycles. The van der Waals surface area contributed by atoms with Crippen LogP contribution >= 0.6 is 0 Å². The second-order valence-electron chi connectivity index (χ2n) is 7.27. The summed E-state index contributed by atoms with van der Waals surface area (Å²) in [4.78, 5) is 33.1. The van der Waals surface area contributed by atoms with Crippen molar-refractivity contribution < 1.29 is 14.1 Å². The topological polar surface area (TPSA) is 91.6 Å². The van der Waals surface area contributed by atoms with Crippen LogP contribution in [0.2, 0.25) is 0 Å². The van der Waals surface area contributed by atoms with Crippen LogP contribution in [0.15, 0.2) is 4.52 Å². The number of nitrogens with one attached hydrogen (secondary N) is 1. The minimum absolute atomic E-state index is 0.0430. The molecule has 8 nitrogen and oxygen atoms in total. The summed E-state index contributed by atoms with van der Waals surface area (Å²) in [5, 5.41) is 7.04. The number of likely N-dealkylation sites (tertiary alicyclic amines) is 1. The fraction of sp³-hybridized carbons (Fsp3) is 0.765. The highest BCUT2D eigenvalue weighted by Crippen LogP contribution is 2.35. The lowest BCUT2D eigenvalue weighted by molar-refractivity contribution is -0.131. The number of imide groups is 1. The summed E-state index contributed by atoms with van der Waals surface area (Å²) in [6, 6.07) is -0.124. The SMILES string of the molecule is CCc1nc([C@@H]2CCCN2CCN2C(=O)NC3(CCCC3)C2=O)no1. The van der Waals surface area contributed by atoms with Crippen LogP contribution in [-0.2, 0) is 11.2 Å². The number of aryl methyl sites for hydroxylation is 1. The molecule has 1 atom stereocenters. The maximum Gasteiger partial charge on any atom is 0.325 e. The van der Waals surface area contributed by atoms with E-state index in [1.54, 1.807) is 0 Å². The molecule has 4 rings (SSSR count). The lowest BCUT2D eigenvalue weighted by Gasteiger charge is -2.24. The average molecular weight is 347 g/mol. The van der Waals surface area contributed by atoms with Crippen molar-refractivity contribution in [2.45, 2.75) is 63.5 Å². The predicted molar refractivity (Wildman–Crippen MR) is 88.7 cm³/mol. The van der Waals surface area contributed by atoms with E-state index in [0.717, 1.165) is 57.3 Å². The summed E-state index contributed by atoms with van der Waals surface area (Å²) in [6.45, 7) is 3.98. The summed E-state index contributed by atoms with van der Waals surface area (Å²) < 4.78 is 5.23. The maximum atomic E-state index is 12.7. The van der Waals surface area contributed by atoms with Crippen LogP contribution < -0.4 is 5.32 Å². The third kappa shape index (κ3) is 2.82. The molecular weight excluding hydrogens is 322 g/mol. The molecule has 1 aromatic rings. The molecule has 0 unspecified atom stereocenters. The van der Waals surface area contributed by atoms with Gasteiger partial charge in [-0.25, -0.2) is 4.79 Å². The quantitative estimate of drug-likeness (QED) is 0.814. The minimum Gasteiger partial charge on any atom is -0.339 e. The molecule has 0 radical (unpaired) electrons. The molecule has 3 amide bonds. The summed E-state index contributed by atoms with van der Waals surface area (Å²) >= 11 is 0. The third-order valence-electron chi connectivity index (χ3n) is 5.76. The van der Waals surface area contributed by atoms with Gasteiger partial charge in [0.2, 0.25) is 5.89 Å². The lowest BCUT2D eigenvalue weighted by Crippen LogP contribution is -2.44. The predicted octanol–water partition coefficient (Wildman–Crippen LogP) is 1.63. The number of hydrogen-bond acceptors (Lipinski definition) is 6. The first kappa shape index (κ1) is 16.5. The number of amides is 3. The standard InChI is InChI=1S/C17H25N5O3/c1-2-13-18-14(20-25-13)12-6-5-9-21(12)10-11-22-15(23)17(19-16(22)24)7-3-4-8-17/h12H,2-11H2,1H3,(H,19,24)/t12-/m0/s1. The van der Waals surface area contributed by atoms with Gasteiger partial charge >= 0.3 is 6.03 Å². The van der Waals surface area contributed by atoms with Crippen LogP contribution in [0.4, 0.5) is 4.79 Å². The average Bonchev–Trinajstić information content (AvgIpc) is 3.37. The van der Waals surface area contributed by atoms with Gasteiger partial charge in [-0.2, -0.15) is 4.98 Å². The van der Waals surface area contributed by atoms with Crippen LogP contribution in [-0.4, -0.2) is 57.1 Å². The van der Waals surface area contributed by atoms with Crippen molar-refractivity contribution in [2.24, 2.45) is 0 Å². The highest BCUT2D eigenvalue weighted by Gasteiger charge is 2.52. The molecule has 25 heavy (non-hydrogen) atoms. The highest BCUT2D eigenvalue weighted by atomic mass is 16.5. The maximum absolute atomic E-state index is 12.7. The fourth-order valence-electron chi connectivity index (χ4n) is 4.36. The van der Waals surface area contributed by atoms with Gasteiger partial charge in [0.15, 0.2) is 5.82 Å². The van der Waals surface area contributed by atoms with Gasteiger partial charge in [-0.3, -0.25) is 14.6 Å². The molecule has 2 aliphatic heterocycles. The molecule has 3 aliphatic rings. The molecule has 1 aromatic heterocycles. The van der Waals surface area contributed by atoms with Gasteiger partial charge in [0, 0.05) is 19.5 Å². The summed E-state index contributed by atoms with van der Waals surface area (Å²) in [7, 11) is 0. The zero-order valence-electron chi connectivity index (χ0n) is 14.7. The number of urea groups is 1. The van der Waals surface area contributed by atoms with Crippen molar-refractivity contribution in [2.75, 3.05) is 19.6 Å². The van der Waals surface area contributed by atoms with E-state index < -0.39 is 5.54 Å². The lowest BCUT2D eigenvalue weighted by atomic mass is 9.98. The van der Waals surface area contributed by atoms with E-state index in [2.05, 4.69) is 20.4 Å². The molecule has 136 valence electrons. The molecule has 1 saturated carbocycles. The Morgan fingerprint density at radius 3 is 2.76 bits per heavy atom. The zero-order chi connectivity index (χ0) is 17.4. The van der Waals surface area contributed by atoms with E-state index in [-0.39, 0.29) is 18.0 Å². The molecule has 0 bridgehead atoms. The normalized spacial score (nSPS) is 26.1. The smallest absolute Gasteiger partial charge is 0.325 e. The Morgan fingerprint density at radius 1 is 1.24 bits per heavy atom. The van der Waals surface area contributed by atoms with Gasteiger partial charge in [-0.15, -0.1) is 0 Å². The van der Waals surface area contributed by atoms with Gasteiger partial charge in [-0.1, -0.05) is 24.9 Å².